The smallest absolute Gasteiger partial charge is 0.126 e. The van der Waals surface area contributed by atoms with Crippen LogP contribution in [0.4, 0.5) is 10.1 Å². The molecule has 0 atom stereocenters. The van der Waals surface area contributed by atoms with Gasteiger partial charge in [-0.2, -0.15) is 0 Å². The highest BCUT2D eigenvalue weighted by atomic mass is 19.1. The van der Waals surface area contributed by atoms with Crippen LogP contribution in [0, 0.1) is 12.7 Å². The van der Waals surface area contributed by atoms with Crippen molar-refractivity contribution in [3.63, 3.8) is 0 Å². The van der Waals surface area contributed by atoms with Crippen LogP contribution in [0.3, 0.4) is 0 Å². The molecule has 92 valence electrons. The molecule has 0 saturated carbocycles. The van der Waals surface area contributed by atoms with Gasteiger partial charge in [-0.1, -0.05) is 24.3 Å². The number of hydrogen-bond donors (Lipinski definition) is 1. The van der Waals surface area contributed by atoms with Crippen molar-refractivity contribution in [3.05, 3.63) is 65.0 Å². The van der Waals surface area contributed by atoms with Gasteiger partial charge in [-0.3, -0.25) is 0 Å². The fraction of sp³-hybridized carbons (Fsp3) is 0.250. The molecule has 18 heavy (non-hydrogen) atoms. The number of hydrogen-bond acceptors (Lipinski definition) is 1. The molecule has 0 spiro atoms. The van der Waals surface area contributed by atoms with Gasteiger partial charge >= 0.3 is 0 Å². The Hall–Kier alpha value is -1.83. The molecule has 0 bridgehead atoms. The quantitative estimate of drug-likeness (QED) is 0.845. The predicted octanol–water partition coefficient (Wildman–Crippen LogP) is 3.71. The van der Waals surface area contributed by atoms with Gasteiger partial charge in [0.15, 0.2) is 0 Å². The first-order chi connectivity index (χ1) is 8.72. The predicted molar refractivity (Wildman–Crippen MR) is 72.4 cm³/mol. The summed E-state index contributed by atoms with van der Waals surface area (Å²) in [5, 5.41) is 3.49. The first kappa shape index (κ1) is 11.3. The third-order valence-electron chi connectivity index (χ3n) is 3.58. The Morgan fingerprint density at radius 3 is 2.33 bits per heavy atom. The van der Waals surface area contributed by atoms with E-state index in [1.807, 2.05) is 12.1 Å². The van der Waals surface area contributed by atoms with Crippen molar-refractivity contribution in [2.45, 2.75) is 25.8 Å². The summed E-state index contributed by atoms with van der Waals surface area (Å²) < 4.78 is 13.2. The van der Waals surface area contributed by atoms with E-state index in [0.717, 1.165) is 18.5 Å². The molecule has 0 aromatic heterocycles. The van der Waals surface area contributed by atoms with Gasteiger partial charge < -0.3 is 5.32 Å². The van der Waals surface area contributed by atoms with Gasteiger partial charge in [0.05, 0.1) is 0 Å². The summed E-state index contributed by atoms with van der Waals surface area (Å²) in [6.45, 7) is 1.80. The third-order valence-corrected chi connectivity index (χ3v) is 3.58. The average molecular weight is 241 g/mol. The monoisotopic (exact) mass is 241 g/mol. The largest absolute Gasteiger partial charge is 0.382 e. The Labute approximate surface area is 107 Å². The average Bonchev–Trinajstić information content (AvgIpc) is 2.76. The van der Waals surface area contributed by atoms with Gasteiger partial charge in [0.1, 0.15) is 5.82 Å². The molecule has 0 saturated heterocycles. The van der Waals surface area contributed by atoms with Crippen molar-refractivity contribution in [2.75, 3.05) is 5.32 Å². The number of benzene rings is 2. The van der Waals surface area contributed by atoms with Crippen LogP contribution in [0.15, 0.2) is 42.5 Å². The van der Waals surface area contributed by atoms with Crippen molar-refractivity contribution in [2.24, 2.45) is 0 Å². The molecule has 2 heteroatoms. The Morgan fingerprint density at radius 2 is 1.72 bits per heavy atom. The van der Waals surface area contributed by atoms with Crippen LogP contribution in [-0.4, -0.2) is 6.04 Å². The Morgan fingerprint density at radius 1 is 1.06 bits per heavy atom. The van der Waals surface area contributed by atoms with E-state index in [1.165, 1.54) is 17.2 Å². The number of rotatable bonds is 2. The van der Waals surface area contributed by atoms with Gasteiger partial charge in [-0.15, -0.1) is 0 Å². The number of nitrogens with one attached hydrogen (secondary N) is 1. The number of fused-ring (bicyclic) bond motifs is 1. The topological polar surface area (TPSA) is 12.0 Å². The van der Waals surface area contributed by atoms with Crippen LogP contribution in [0.2, 0.25) is 0 Å². The fourth-order valence-corrected chi connectivity index (χ4v) is 2.63. The lowest BCUT2D eigenvalue weighted by atomic mass is 10.1. The van der Waals surface area contributed by atoms with Gasteiger partial charge in [0.25, 0.3) is 0 Å². The van der Waals surface area contributed by atoms with Crippen molar-refractivity contribution in [1.82, 2.24) is 0 Å². The highest BCUT2D eigenvalue weighted by molar-refractivity contribution is 5.48. The second kappa shape index (κ2) is 4.45. The van der Waals surface area contributed by atoms with Crippen LogP contribution in [0.5, 0.6) is 0 Å². The van der Waals surface area contributed by atoms with Gasteiger partial charge in [-0.05, 0) is 54.7 Å². The number of halogens is 1. The lowest BCUT2D eigenvalue weighted by molar-refractivity contribution is 0.618. The van der Waals surface area contributed by atoms with E-state index in [1.54, 1.807) is 6.92 Å². The summed E-state index contributed by atoms with van der Waals surface area (Å²) >= 11 is 0. The summed E-state index contributed by atoms with van der Waals surface area (Å²) in [6.07, 6.45) is 2.10. The SMILES string of the molecule is Cc1cc(NC2Cc3ccccc3C2)ccc1F. The Balaban J connectivity index is 1.74. The molecule has 0 aliphatic heterocycles. The molecule has 1 N–H and O–H groups in total. The third kappa shape index (κ3) is 2.10. The van der Waals surface area contributed by atoms with E-state index in [-0.39, 0.29) is 5.82 Å². The maximum atomic E-state index is 13.2. The summed E-state index contributed by atoms with van der Waals surface area (Å²) in [5.74, 6) is -0.143. The Kier molecular flexibility index (Phi) is 2.78. The van der Waals surface area contributed by atoms with E-state index in [0.29, 0.717) is 11.6 Å². The molecule has 1 aliphatic carbocycles. The van der Waals surface area contributed by atoms with Gasteiger partial charge in [-0.25, -0.2) is 4.39 Å². The van der Waals surface area contributed by atoms with Gasteiger partial charge in [0.2, 0.25) is 0 Å². The van der Waals surface area contributed by atoms with Gasteiger partial charge in [0, 0.05) is 11.7 Å². The summed E-state index contributed by atoms with van der Waals surface area (Å²) in [4.78, 5) is 0. The van der Waals surface area contributed by atoms with Crippen LogP contribution in [0.1, 0.15) is 16.7 Å². The molecule has 2 aromatic carbocycles. The maximum absolute atomic E-state index is 13.2. The number of aryl methyl sites for hydroxylation is 1. The molecule has 0 amide bonds. The zero-order valence-electron chi connectivity index (χ0n) is 10.4. The molecule has 0 radical (unpaired) electrons. The first-order valence-electron chi connectivity index (χ1n) is 6.32. The minimum Gasteiger partial charge on any atom is -0.382 e. The lowest BCUT2D eigenvalue weighted by Gasteiger charge is -2.14. The second-order valence-electron chi connectivity index (χ2n) is 4.98. The molecule has 1 aliphatic rings. The zero-order chi connectivity index (χ0) is 12.5. The molecule has 1 nitrogen and oxygen atoms in total. The van der Waals surface area contributed by atoms with Crippen molar-refractivity contribution >= 4 is 5.69 Å². The summed E-state index contributed by atoms with van der Waals surface area (Å²) in [7, 11) is 0. The van der Waals surface area contributed by atoms with E-state index in [9.17, 15) is 4.39 Å². The van der Waals surface area contributed by atoms with Crippen LogP contribution in [0.25, 0.3) is 0 Å². The molecular formula is C16H16FN. The van der Waals surface area contributed by atoms with Crippen molar-refractivity contribution in [1.29, 1.82) is 0 Å². The fourth-order valence-electron chi connectivity index (χ4n) is 2.63. The summed E-state index contributed by atoms with van der Waals surface area (Å²) in [5.41, 5.74) is 4.55. The van der Waals surface area contributed by atoms with E-state index >= 15 is 0 Å². The zero-order valence-corrected chi connectivity index (χ0v) is 10.4. The highest BCUT2D eigenvalue weighted by Gasteiger charge is 2.20. The summed E-state index contributed by atoms with van der Waals surface area (Å²) in [6, 6.07) is 14.2. The highest BCUT2D eigenvalue weighted by Crippen LogP contribution is 2.25. The van der Waals surface area contributed by atoms with E-state index in [2.05, 4.69) is 29.6 Å². The molecule has 3 rings (SSSR count). The molecular weight excluding hydrogens is 225 g/mol. The second-order valence-corrected chi connectivity index (χ2v) is 4.98. The minimum absolute atomic E-state index is 0.143. The minimum atomic E-state index is -0.143. The number of anilines is 1. The van der Waals surface area contributed by atoms with Crippen molar-refractivity contribution < 1.29 is 4.39 Å². The van der Waals surface area contributed by atoms with E-state index in [4.69, 9.17) is 0 Å². The first-order valence-corrected chi connectivity index (χ1v) is 6.32. The van der Waals surface area contributed by atoms with Crippen LogP contribution in [-0.2, 0) is 12.8 Å². The maximum Gasteiger partial charge on any atom is 0.126 e. The van der Waals surface area contributed by atoms with Crippen LogP contribution >= 0.6 is 0 Å². The standard InChI is InChI=1S/C16H16FN/c1-11-8-14(6-7-16(11)17)18-15-9-12-4-2-3-5-13(12)10-15/h2-8,15,18H,9-10H2,1H3. The lowest BCUT2D eigenvalue weighted by Crippen LogP contribution is -2.19. The molecule has 0 heterocycles. The molecule has 0 unspecified atom stereocenters. The normalized spacial score (nSPS) is 14.6. The Bertz CT molecular complexity index is 552. The van der Waals surface area contributed by atoms with E-state index < -0.39 is 0 Å². The van der Waals surface area contributed by atoms with Crippen molar-refractivity contribution in [3.8, 4) is 0 Å². The molecule has 0 fully saturated rings. The molecule has 2 aromatic rings. The van der Waals surface area contributed by atoms with Crippen LogP contribution < -0.4 is 5.32 Å².